The molecule has 2 aromatic heterocycles. The molecule has 1 amide bonds. The van der Waals surface area contributed by atoms with Crippen molar-refractivity contribution in [2.24, 2.45) is 5.41 Å². The molecule has 1 saturated carbocycles. The molecule has 2 aliphatic carbocycles. The van der Waals surface area contributed by atoms with Gasteiger partial charge in [-0.2, -0.15) is 5.10 Å². The van der Waals surface area contributed by atoms with Crippen LogP contribution in [0.2, 0.25) is 0 Å². The Kier molecular flexibility index (Phi) is 5.20. The number of aromatic nitrogens is 4. The van der Waals surface area contributed by atoms with E-state index < -0.39 is 29.1 Å². The average Bonchev–Trinajstić information content (AvgIpc) is 3.18. The maximum Gasteiger partial charge on any atom is 0.271 e. The normalized spacial score (nSPS) is 22.9. The van der Waals surface area contributed by atoms with Crippen LogP contribution >= 0.6 is 0 Å². The van der Waals surface area contributed by atoms with E-state index >= 15 is 0 Å². The molecule has 0 spiro atoms. The number of rotatable bonds is 5. The highest BCUT2D eigenvalue weighted by atomic mass is 19.1. The minimum Gasteiger partial charge on any atom is -0.392 e. The lowest BCUT2D eigenvalue weighted by Gasteiger charge is -2.37. The van der Waals surface area contributed by atoms with Crippen molar-refractivity contribution >= 4 is 5.91 Å². The zero-order chi connectivity index (χ0) is 24.3. The second kappa shape index (κ2) is 7.87. The summed E-state index contributed by atoms with van der Waals surface area (Å²) in [5.74, 6) is -1.71. The Labute approximate surface area is 195 Å². The summed E-state index contributed by atoms with van der Waals surface area (Å²) < 4.78 is 28.8. The zero-order valence-corrected chi connectivity index (χ0v) is 19.1. The van der Waals surface area contributed by atoms with Gasteiger partial charge in [-0.1, -0.05) is 19.9 Å². The molecule has 0 aliphatic heterocycles. The molecule has 2 N–H and O–H groups in total. The molecule has 0 radical (unpaired) electrons. The largest absolute Gasteiger partial charge is 0.392 e. The van der Waals surface area contributed by atoms with Gasteiger partial charge in [0, 0.05) is 12.7 Å². The molecule has 0 unspecified atom stereocenters. The first-order valence-electron chi connectivity index (χ1n) is 11.3. The summed E-state index contributed by atoms with van der Waals surface area (Å²) in [6, 6.07) is 5.46. The first kappa shape index (κ1) is 22.5. The van der Waals surface area contributed by atoms with Crippen molar-refractivity contribution in [1.29, 1.82) is 0 Å². The molecule has 5 rings (SSSR count). The fourth-order valence-electron chi connectivity index (χ4n) is 5.77. The van der Waals surface area contributed by atoms with E-state index in [4.69, 9.17) is 0 Å². The molecular weight excluding hydrogens is 440 g/mol. The molecule has 1 fully saturated rings. The number of hydrogen-bond acceptors (Lipinski definition) is 6. The topological polar surface area (TPSA) is 101 Å². The Balaban J connectivity index is 1.61. The number of fused-ring (bicyclic) bond motifs is 5. The summed E-state index contributed by atoms with van der Waals surface area (Å²) in [4.78, 5) is 21.5. The lowest BCUT2D eigenvalue weighted by Crippen LogP contribution is -2.39. The van der Waals surface area contributed by atoms with Crippen molar-refractivity contribution in [2.45, 2.75) is 51.0 Å². The number of carbonyl (C=O) groups excluding carboxylic acids is 1. The highest BCUT2D eigenvalue weighted by Gasteiger charge is 2.65. The summed E-state index contributed by atoms with van der Waals surface area (Å²) in [6.07, 6.45) is 3.94. The molecule has 3 atom stereocenters. The van der Waals surface area contributed by atoms with Gasteiger partial charge in [0.05, 0.1) is 40.4 Å². The van der Waals surface area contributed by atoms with E-state index in [1.54, 1.807) is 19.2 Å². The monoisotopic (exact) mass is 465 g/mol. The van der Waals surface area contributed by atoms with Crippen molar-refractivity contribution in [3.8, 4) is 11.3 Å². The number of benzene rings is 1. The van der Waals surface area contributed by atoms with Gasteiger partial charge in [0.25, 0.3) is 5.91 Å². The minimum atomic E-state index is -0.687. The third-order valence-electron chi connectivity index (χ3n) is 7.46. The lowest BCUT2D eigenvalue weighted by molar-refractivity contribution is 0.0917. The van der Waals surface area contributed by atoms with E-state index in [0.717, 1.165) is 18.4 Å². The Hall–Kier alpha value is -3.33. The van der Waals surface area contributed by atoms with E-state index in [0.29, 0.717) is 11.4 Å². The molecule has 34 heavy (non-hydrogen) atoms. The summed E-state index contributed by atoms with van der Waals surface area (Å²) in [5, 5.41) is 20.8. The third kappa shape index (κ3) is 3.14. The number of aliphatic hydroxyl groups is 1. The summed E-state index contributed by atoms with van der Waals surface area (Å²) in [7, 11) is 0. The first-order valence-corrected chi connectivity index (χ1v) is 11.3. The molecule has 1 aromatic carbocycles. The molecule has 176 valence electrons. The second-order valence-corrected chi connectivity index (χ2v) is 9.70. The Morgan fingerprint density at radius 3 is 2.68 bits per heavy atom. The van der Waals surface area contributed by atoms with E-state index in [1.807, 2.05) is 0 Å². The van der Waals surface area contributed by atoms with Crippen molar-refractivity contribution in [2.75, 3.05) is 6.54 Å². The molecule has 0 saturated heterocycles. The van der Waals surface area contributed by atoms with Crippen LogP contribution in [0.3, 0.4) is 0 Å². The zero-order valence-electron chi connectivity index (χ0n) is 19.1. The van der Waals surface area contributed by atoms with E-state index in [9.17, 15) is 18.7 Å². The highest BCUT2D eigenvalue weighted by molar-refractivity contribution is 5.92. The molecular formula is C25H25F2N5O2. The molecule has 2 bridgehead atoms. The molecule has 2 heterocycles. The van der Waals surface area contributed by atoms with Gasteiger partial charge in [-0.05, 0) is 54.9 Å². The van der Waals surface area contributed by atoms with Crippen LogP contribution in [-0.2, 0) is 5.41 Å². The number of nitrogens with zero attached hydrogens (tertiary/aromatic N) is 4. The molecule has 3 aromatic rings. The molecule has 7 nitrogen and oxygen atoms in total. The van der Waals surface area contributed by atoms with Crippen LogP contribution in [0.1, 0.15) is 67.0 Å². The van der Waals surface area contributed by atoms with Crippen LogP contribution in [0.5, 0.6) is 0 Å². The van der Waals surface area contributed by atoms with Crippen molar-refractivity contribution in [1.82, 2.24) is 25.5 Å². The van der Waals surface area contributed by atoms with Gasteiger partial charge in [0.1, 0.15) is 17.3 Å². The first-order chi connectivity index (χ1) is 16.2. The average molecular weight is 466 g/mol. The number of hydrogen-bond donors (Lipinski definition) is 2. The maximum atomic E-state index is 14.4. The van der Waals surface area contributed by atoms with Crippen LogP contribution in [0.15, 0.2) is 36.7 Å². The number of nitrogens with one attached hydrogen (secondary N) is 1. The van der Waals surface area contributed by atoms with Crippen LogP contribution in [0.4, 0.5) is 8.78 Å². The quantitative estimate of drug-likeness (QED) is 0.598. The smallest absolute Gasteiger partial charge is 0.271 e. The van der Waals surface area contributed by atoms with Gasteiger partial charge in [0.2, 0.25) is 0 Å². The predicted molar refractivity (Wildman–Crippen MR) is 120 cm³/mol. The predicted octanol–water partition coefficient (Wildman–Crippen LogP) is 3.53. The van der Waals surface area contributed by atoms with Gasteiger partial charge in [-0.25, -0.2) is 13.8 Å². The Morgan fingerprint density at radius 1 is 1.24 bits per heavy atom. The van der Waals surface area contributed by atoms with Crippen molar-refractivity contribution in [3.63, 3.8) is 0 Å². The Morgan fingerprint density at radius 2 is 1.97 bits per heavy atom. The number of halogens is 2. The summed E-state index contributed by atoms with van der Waals surface area (Å²) in [5.41, 5.74) is 1.37. The number of amides is 1. The maximum absolute atomic E-state index is 14.4. The fraction of sp³-hybridized carbons (Fsp3) is 0.400. The number of aliphatic hydroxyl groups excluding tert-OH is 1. The van der Waals surface area contributed by atoms with E-state index in [1.165, 1.54) is 24.4 Å². The summed E-state index contributed by atoms with van der Waals surface area (Å²) >= 11 is 0. The fourth-order valence-corrected chi connectivity index (χ4v) is 5.77. The molecule has 9 heteroatoms. The molecule has 2 aliphatic rings. The van der Waals surface area contributed by atoms with E-state index in [2.05, 4.69) is 39.3 Å². The van der Waals surface area contributed by atoms with Gasteiger partial charge >= 0.3 is 0 Å². The van der Waals surface area contributed by atoms with Gasteiger partial charge in [-0.3, -0.25) is 9.78 Å². The van der Waals surface area contributed by atoms with Crippen LogP contribution in [-0.4, -0.2) is 43.8 Å². The lowest BCUT2D eigenvalue weighted by atomic mass is 9.66. The Bertz CT molecular complexity index is 1280. The standard InChI is InChI=1S/C25H25F2N5O2/c1-13(33)10-29-23(34)19-11-28-12-20(30-19)25-8-7-15(24(25,2)3)14-9-18(31-32-22(14)25)21-16(26)5-4-6-17(21)27/h4-6,9,11-13,15,33H,7-8,10H2,1-3H3,(H,29,34)/t13-,15-,25-/m1/s1. The summed E-state index contributed by atoms with van der Waals surface area (Å²) in [6.45, 7) is 5.93. The number of carbonyl (C=O) groups is 1. The van der Waals surface area contributed by atoms with Crippen LogP contribution < -0.4 is 5.32 Å². The van der Waals surface area contributed by atoms with Crippen molar-refractivity contribution in [3.05, 3.63) is 70.9 Å². The highest BCUT2D eigenvalue weighted by Crippen LogP contribution is 2.69. The van der Waals surface area contributed by atoms with Crippen LogP contribution in [0, 0.1) is 17.0 Å². The van der Waals surface area contributed by atoms with Crippen molar-refractivity contribution < 1.29 is 18.7 Å². The third-order valence-corrected chi connectivity index (χ3v) is 7.46. The second-order valence-electron chi connectivity index (χ2n) is 9.70. The van der Waals surface area contributed by atoms with Crippen LogP contribution in [0.25, 0.3) is 11.3 Å². The van der Waals surface area contributed by atoms with Gasteiger partial charge in [-0.15, -0.1) is 5.10 Å². The minimum absolute atomic E-state index is 0.0844. The van der Waals surface area contributed by atoms with Gasteiger partial charge in [0.15, 0.2) is 0 Å². The van der Waals surface area contributed by atoms with E-state index in [-0.39, 0.29) is 34.8 Å². The SMILES string of the molecule is C[C@@H](O)CNC(=O)c1cncc([C@]23CC[C@H](c4cc(-c5c(F)cccc5F)nnc42)C3(C)C)n1. The van der Waals surface area contributed by atoms with Gasteiger partial charge < -0.3 is 10.4 Å².